The molecule has 0 heterocycles. The molecule has 0 aromatic heterocycles. The monoisotopic (exact) mass is 328 g/mol. The summed E-state index contributed by atoms with van der Waals surface area (Å²) in [6, 6.07) is 5.61. The molecule has 0 fully saturated rings. The molecule has 0 saturated carbocycles. The van der Waals surface area contributed by atoms with Crippen molar-refractivity contribution in [2.24, 2.45) is 10.2 Å². The van der Waals surface area contributed by atoms with Crippen molar-refractivity contribution >= 4 is 30.0 Å². The maximum absolute atomic E-state index is 11.3. The molecular formula is C11H13AsN2O5. The van der Waals surface area contributed by atoms with Crippen LogP contribution in [-0.4, -0.2) is 33.3 Å². The Labute approximate surface area is 112 Å². The van der Waals surface area contributed by atoms with Crippen LogP contribution in [0, 0.1) is 0 Å². The standard InChI is InChI=1S/C11H13AsN2O5/c1-7(15)11(8(2)16)14-13-10-6-4-3-5-9(10)12(17,18)19/h3-6,15H,1-2H3,(H2,17,18,19)/b11-7-,14-13?. The van der Waals surface area contributed by atoms with Crippen LogP contribution < -0.4 is 4.35 Å². The number of aliphatic hydroxyl groups excluding tert-OH is 1. The first-order chi connectivity index (χ1) is 8.73. The quantitative estimate of drug-likeness (QED) is 0.325. The minimum absolute atomic E-state index is 0.0324. The van der Waals surface area contributed by atoms with E-state index in [4.69, 9.17) is 0 Å². The normalized spacial score (nSPS) is 13.5. The molecule has 0 saturated heterocycles. The van der Waals surface area contributed by atoms with Gasteiger partial charge in [0, 0.05) is 0 Å². The van der Waals surface area contributed by atoms with E-state index in [1.54, 1.807) is 0 Å². The fourth-order valence-electron chi connectivity index (χ4n) is 1.30. The Morgan fingerprint density at radius 1 is 1.21 bits per heavy atom. The van der Waals surface area contributed by atoms with E-state index < -0.39 is 20.0 Å². The average Bonchev–Trinajstić information content (AvgIpc) is 2.27. The molecule has 3 N–H and O–H groups in total. The van der Waals surface area contributed by atoms with E-state index in [1.165, 1.54) is 38.1 Å². The van der Waals surface area contributed by atoms with Gasteiger partial charge in [-0.2, -0.15) is 0 Å². The number of ketones is 1. The third kappa shape index (κ3) is 4.17. The summed E-state index contributed by atoms with van der Waals surface area (Å²) in [6.45, 7) is 2.47. The van der Waals surface area contributed by atoms with E-state index in [1.807, 2.05) is 0 Å². The van der Waals surface area contributed by atoms with Crippen LogP contribution in [0.15, 0.2) is 46.0 Å². The second-order valence-electron chi connectivity index (χ2n) is 3.72. The summed E-state index contributed by atoms with van der Waals surface area (Å²) < 4.78 is 29.4. The van der Waals surface area contributed by atoms with Crippen molar-refractivity contribution in [3.8, 4) is 0 Å². The SMILES string of the molecule is CC(=O)/C(N=Nc1ccccc1[As](=O)(O)O)=C(\C)O. The molecule has 0 bridgehead atoms. The number of allylic oxidation sites excluding steroid dienone is 2. The molecule has 0 spiro atoms. The molecule has 1 aromatic carbocycles. The van der Waals surface area contributed by atoms with Gasteiger partial charge in [0.15, 0.2) is 0 Å². The number of carbonyl (C=O) groups excluding carboxylic acids is 1. The fourth-order valence-corrected chi connectivity index (χ4v) is 2.76. The zero-order valence-electron chi connectivity index (χ0n) is 10.3. The first kappa shape index (κ1) is 15.4. The van der Waals surface area contributed by atoms with E-state index in [9.17, 15) is 21.8 Å². The number of benzene rings is 1. The van der Waals surface area contributed by atoms with Gasteiger partial charge in [0.2, 0.25) is 0 Å². The van der Waals surface area contributed by atoms with Gasteiger partial charge < -0.3 is 0 Å². The van der Waals surface area contributed by atoms with Crippen molar-refractivity contribution in [3.05, 3.63) is 35.7 Å². The third-order valence-corrected chi connectivity index (χ3v) is 4.24. The van der Waals surface area contributed by atoms with Crippen molar-refractivity contribution < 1.29 is 21.8 Å². The van der Waals surface area contributed by atoms with Crippen molar-refractivity contribution in [1.82, 2.24) is 0 Å². The number of aliphatic hydroxyl groups is 1. The Morgan fingerprint density at radius 3 is 2.26 bits per heavy atom. The number of hydrogen-bond acceptors (Lipinski definition) is 5. The maximum atomic E-state index is 11.3. The van der Waals surface area contributed by atoms with Gasteiger partial charge in [0.05, 0.1) is 0 Å². The zero-order valence-corrected chi connectivity index (χ0v) is 12.2. The van der Waals surface area contributed by atoms with Crippen LogP contribution in [0.2, 0.25) is 0 Å². The summed E-state index contributed by atoms with van der Waals surface area (Å²) in [5.41, 5.74) is -0.289. The van der Waals surface area contributed by atoms with Crippen molar-refractivity contribution in [1.29, 1.82) is 0 Å². The molecule has 19 heavy (non-hydrogen) atoms. The van der Waals surface area contributed by atoms with Crippen molar-refractivity contribution in [2.45, 2.75) is 13.8 Å². The molecule has 0 aliphatic carbocycles. The molecule has 7 nitrogen and oxygen atoms in total. The van der Waals surface area contributed by atoms with Crippen LogP contribution in [0.5, 0.6) is 0 Å². The second kappa shape index (κ2) is 5.97. The number of nitrogens with zero attached hydrogens (tertiary/aromatic N) is 2. The summed E-state index contributed by atoms with van der Waals surface area (Å²) in [5, 5.41) is 16.4. The molecule has 102 valence electrons. The Balaban J connectivity index is 3.25. The van der Waals surface area contributed by atoms with Crippen LogP contribution in [0.25, 0.3) is 0 Å². The number of rotatable bonds is 4. The molecule has 0 aliphatic heterocycles. The molecule has 0 amide bonds. The zero-order chi connectivity index (χ0) is 14.6. The van der Waals surface area contributed by atoms with E-state index in [-0.39, 0.29) is 21.5 Å². The van der Waals surface area contributed by atoms with Crippen LogP contribution in [0.4, 0.5) is 5.69 Å². The molecular weight excluding hydrogens is 315 g/mol. The van der Waals surface area contributed by atoms with Crippen LogP contribution in [0.1, 0.15) is 13.8 Å². The number of hydrogen-bond donors (Lipinski definition) is 3. The van der Waals surface area contributed by atoms with Gasteiger partial charge >= 0.3 is 112 Å². The fraction of sp³-hybridized carbons (Fsp3) is 0.182. The van der Waals surface area contributed by atoms with Crippen molar-refractivity contribution in [3.63, 3.8) is 0 Å². The minimum atomic E-state index is -5.12. The third-order valence-electron chi connectivity index (χ3n) is 2.13. The summed E-state index contributed by atoms with van der Waals surface area (Å²) in [7, 11) is 0. The molecule has 1 rings (SSSR count). The number of azo groups is 1. The van der Waals surface area contributed by atoms with E-state index in [0.717, 1.165) is 0 Å². The summed E-state index contributed by atoms with van der Waals surface area (Å²) >= 11 is -5.12. The van der Waals surface area contributed by atoms with Gasteiger partial charge in [-0.3, -0.25) is 0 Å². The Kier molecular flexibility index (Phi) is 4.83. The van der Waals surface area contributed by atoms with Crippen LogP contribution in [-0.2, 0) is 8.53 Å². The number of Topliss-reactive ketones (excluding diaryl/α,β-unsaturated/α-hetero) is 1. The Bertz CT molecular complexity index is 599. The molecule has 0 aliphatic rings. The van der Waals surface area contributed by atoms with Crippen LogP contribution >= 0.6 is 0 Å². The van der Waals surface area contributed by atoms with E-state index in [0.29, 0.717) is 0 Å². The molecule has 8 heteroatoms. The molecule has 1 aromatic rings. The van der Waals surface area contributed by atoms with Gasteiger partial charge in [0.25, 0.3) is 0 Å². The number of carbonyl (C=O) groups is 1. The molecule has 0 unspecified atom stereocenters. The first-order valence-electron chi connectivity index (χ1n) is 5.21. The average molecular weight is 328 g/mol. The summed E-state index contributed by atoms with van der Waals surface area (Å²) in [6.07, 6.45) is 0. The predicted molar refractivity (Wildman–Crippen MR) is 67.5 cm³/mol. The van der Waals surface area contributed by atoms with Crippen LogP contribution in [0.3, 0.4) is 0 Å². The van der Waals surface area contributed by atoms with Gasteiger partial charge in [-0.15, -0.1) is 0 Å². The molecule has 0 atom stereocenters. The van der Waals surface area contributed by atoms with Gasteiger partial charge in [-0.25, -0.2) is 0 Å². The van der Waals surface area contributed by atoms with Gasteiger partial charge in [-0.05, 0) is 0 Å². The van der Waals surface area contributed by atoms with E-state index >= 15 is 0 Å². The summed E-state index contributed by atoms with van der Waals surface area (Å²) in [4.78, 5) is 11.2. The van der Waals surface area contributed by atoms with Gasteiger partial charge in [-0.1, -0.05) is 0 Å². The predicted octanol–water partition coefficient (Wildman–Crippen LogP) is 0.710. The Hall–Kier alpha value is -1.69. The Morgan fingerprint density at radius 2 is 1.79 bits per heavy atom. The second-order valence-corrected chi connectivity index (χ2v) is 7.02. The summed E-state index contributed by atoms with van der Waals surface area (Å²) in [5.74, 6) is -0.807. The topological polar surface area (TPSA) is 120 Å². The van der Waals surface area contributed by atoms with E-state index in [2.05, 4.69) is 10.2 Å². The first-order valence-corrected chi connectivity index (χ1v) is 8.59. The van der Waals surface area contributed by atoms with Gasteiger partial charge in [0.1, 0.15) is 0 Å². The molecule has 0 radical (unpaired) electrons. The van der Waals surface area contributed by atoms with Crippen molar-refractivity contribution in [2.75, 3.05) is 0 Å².